The van der Waals surface area contributed by atoms with E-state index in [2.05, 4.69) is 35.7 Å². The van der Waals surface area contributed by atoms with Crippen LogP contribution in [0.25, 0.3) is 0 Å². The van der Waals surface area contributed by atoms with Crippen molar-refractivity contribution in [1.82, 2.24) is 5.32 Å². The van der Waals surface area contributed by atoms with Crippen molar-refractivity contribution in [2.75, 3.05) is 26.0 Å². The van der Waals surface area contributed by atoms with Gasteiger partial charge in [-0.05, 0) is 50.1 Å². The smallest absolute Gasteiger partial charge is 0.0683 e. The zero-order valence-corrected chi connectivity index (χ0v) is 14.1. The summed E-state index contributed by atoms with van der Waals surface area (Å²) in [6.07, 6.45) is 2.03. The predicted molar refractivity (Wildman–Crippen MR) is 89.4 cm³/mol. The summed E-state index contributed by atoms with van der Waals surface area (Å²) >= 11 is 1.86. The molecule has 0 aliphatic carbocycles. The van der Waals surface area contributed by atoms with Gasteiger partial charge in [0.15, 0.2) is 0 Å². The lowest BCUT2D eigenvalue weighted by molar-refractivity contribution is 0.199. The highest BCUT2D eigenvalue weighted by atomic mass is 32.2. The van der Waals surface area contributed by atoms with E-state index in [9.17, 15) is 0 Å². The van der Waals surface area contributed by atoms with Gasteiger partial charge in [0, 0.05) is 25.1 Å². The van der Waals surface area contributed by atoms with Crippen molar-refractivity contribution in [3.63, 3.8) is 0 Å². The Labute approximate surface area is 133 Å². The van der Waals surface area contributed by atoms with Crippen molar-refractivity contribution < 1.29 is 4.74 Å². The number of methoxy groups -OCH3 is 1. The van der Waals surface area contributed by atoms with E-state index in [1.165, 1.54) is 10.5 Å². The van der Waals surface area contributed by atoms with Gasteiger partial charge in [-0.1, -0.05) is 12.1 Å². The predicted octanol–water partition coefficient (Wildman–Crippen LogP) is 3.84. The number of rotatable bonds is 10. The Bertz CT molecular complexity index is 437. The molecule has 0 amide bonds. The van der Waals surface area contributed by atoms with Crippen LogP contribution < -0.4 is 5.32 Å². The Morgan fingerprint density at radius 1 is 1.29 bits per heavy atom. The van der Waals surface area contributed by atoms with Crippen LogP contribution in [0, 0.1) is 16.7 Å². The van der Waals surface area contributed by atoms with Gasteiger partial charge in [0.25, 0.3) is 0 Å². The first-order valence-corrected chi connectivity index (χ1v) is 8.38. The van der Waals surface area contributed by atoms with Gasteiger partial charge in [-0.3, -0.25) is 0 Å². The van der Waals surface area contributed by atoms with E-state index in [1.54, 1.807) is 7.11 Å². The van der Waals surface area contributed by atoms with Gasteiger partial charge in [0.1, 0.15) is 0 Å². The van der Waals surface area contributed by atoms with Crippen LogP contribution in [-0.4, -0.2) is 26.0 Å². The van der Waals surface area contributed by atoms with Crippen LogP contribution in [0.3, 0.4) is 0 Å². The minimum absolute atomic E-state index is 0.196. The first kappa shape index (κ1) is 18.0. The minimum Gasteiger partial charge on any atom is -0.383 e. The number of hydrogen-bond donors (Lipinski definition) is 1. The van der Waals surface area contributed by atoms with Gasteiger partial charge in [-0.2, -0.15) is 5.26 Å². The van der Waals surface area contributed by atoms with Gasteiger partial charge in [0.2, 0.25) is 0 Å². The van der Waals surface area contributed by atoms with Gasteiger partial charge in [0.05, 0.1) is 18.1 Å². The molecular weight excluding hydrogens is 280 g/mol. The van der Waals surface area contributed by atoms with Crippen molar-refractivity contribution in [2.24, 2.45) is 5.41 Å². The number of nitriles is 1. The highest BCUT2D eigenvalue weighted by Crippen LogP contribution is 2.25. The Morgan fingerprint density at radius 2 is 2.00 bits per heavy atom. The van der Waals surface area contributed by atoms with Gasteiger partial charge in [-0.25, -0.2) is 0 Å². The van der Waals surface area contributed by atoms with E-state index in [1.807, 2.05) is 25.6 Å². The summed E-state index contributed by atoms with van der Waals surface area (Å²) in [5.41, 5.74) is 1.10. The third kappa shape index (κ3) is 8.11. The quantitative estimate of drug-likeness (QED) is 0.527. The fourth-order valence-corrected chi connectivity index (χ4v) is 2.72. The third-order valence-electron chi connectivity index (χ3n) is 3.25. The molecule has 0 heterocycles. The largest absolute Gasteiger partial charge is 0.383 e. The number of ether oxygens (including phenoxy) is 1. The fourth-order valence-electron chi connectivity index (χ4n) is 1.87. The number of hydrogen-bond acceptors (Lipinski definition) is 4. The number of nitrogens with zero attached hydrogens (tertiary/aromatic N) is 1. The molecule has 0 aromatic heterocycles. The minimum atomic E-state index is -0.196. The van der Waals surface area contributed by atoms with Gasteiger partial charge < -0.3 is 10.1 Å². The fraction of sp³-hybridized carbons (Fsp3) is 0.588. The summed E-state index contributed by atoms with van der Waals surface area (Å²) in [5.74, 6) is 1.07. The first-order chi connectivity index (χ1) is 10.1. The Hall–Kier alpha value is -1.02. The molecule has 1 aromatic carbocycles. The van der Waals surface area contributed by atoms with Crippen LogP contribution in [0.1, 0.15) is 32.3 Å². The topological polar surface area (TPSA) is 45.0 Å². The summed E-state index contributed by atoms with van der Waals surface area (Å²) in [6.45, 7) is 6.51. The summed E-state index contributed by atoms with van der Waals surface area (Å²) in [7, 11) is 1.71. The van der Waals surface area contributed by atoms with Crippen LogP contribution in [0.4, 0.5) is 0 Å². The van der Waals surface area contributed by atoms with Crippen LogP contribution >= 0.6 is 11.8 Å². The molecule has 4 heteroatoms. The lowest BCUT2D eigenvalue weighted by atomic mass is 9.90. The van der Waals surface area contributed by atoms with Crippen LogP contribution in [0.2, 0.25) is 0 Å². The lowest BCUT2D eigenvalue weighted by Gasteiger charge is -2.14. The molecule has 0 radical (unpaired) electrons. The lowest BCUT2D eigenvalue weighted by Crippen LogP contribution is -2.18. The van der Waals surface area contributed by atoms with E-state index in [0.29, 0.717) is 0 Å². The molecular formula is C17H26N2OS. The Balaban J connectivity index is 2.24. The average Bonchev–Trinajstić information content (AvgIpc) is 2.49. The average molecular weight is 306 g/mol. The zero-order valence-electron chi connectivity index (χ0n) is 13.3. The maximum absolute atomic E-state index is 8.97. The monoisotopic (exact) mass is 306 g/mol. The Morgan fingerprint density at radius 3 is 2.62 bits per heavy atom. The summed E-state index contributed by atoms with van der Waals surface area (Å²) < 4.78 is 5.00. The van der Waals surface area contributed by atoms with E-state index in [0.717, 1.165) is 38.3 Å². The van der Waals surface area contributed by atoms with E-state index >= 15 is 0 Å². The van der Waals surface area contributed by atoms with E-state index in [4.69, 9.17) is 10.00 Å². The molecule has 0 atom stereocenters. The van der Waals surface area contributed by atoms with Crippen molar-refractivity contribution >= 4 is 11.8 Å². The summed E-state index contributed by atoms with van der Waals surface area (Å²) in [5, 5.41) is 12.3. The second-order valence-electron chi connectivity index (χ2n) is 5.76. The molecule has 3 nitrogen and oxygen atoms in total. The van der Waals surface area contributed by atoms with Crippen LogP contribution in [0.15, 0.2) is 29.2 Å². The molecule has 0 bridgehead atoms. The summed E-state index contributed by atoms with van der Waals surface area (Å²) in [6, 6.07) is 11.0. The number of benzene rings is 1. The van der Waals surface area contributed by atoms with E-state index < -0.39 is 0 Å². The number of nitrogens with one attached hydrogen (secondary N) is 1. The molecule has 1 aromatic rings. The van der Waals surface area contributed by atoms with E-state index in [-0.39, 0.29) is 5.41 Å². The molecule has 0 spiro atoms. The molecule has 0 saturated carbocycles. The van der Waals surface area contributed by atoms with Gasteiger partial charge in [-0.15, -0.1) is 11.8 Å². The maximum atomic E-state index is 8.97. The van der Waals surface area contributed by atoms with Crippen molar-refractivity contribution in [3.05, 3.63) is 29.8 Å². The highest BCUT2D eigenvalue weighted by molar-refractivity contribution is 7.99. The molecule has 0 unspecified atom stereocenters. The SMILES string of the molecule is COCCNCc1ccc(SCCCC(C)(C)C#N)cc1. The van der Waals surface area contributed by atoms with Gasteiger partial charge >= 0.3 is 0 Å². The normalized spacial score (nSPS) is 11.3. The van der Waals surface area contributed by atoms with Crippen molar-refractivity contribution in [3.8, 4) is 6.07 Å². The standard InChI is InChI=1S/C17H26N2OS/c1-17(2,14-18)9-4-12-21-16-7-5-15(6-8-16)13-19-10-11-20-3/h5-8,19H,4,9-13H2,1-3H3. The number of thioether (sulfide) groups is 1. The summed E-state index contributed by atoms with van der Waals surface area (Å²) in [4.78, 5) is 1.30. The van der Waals surface area contributed by atoms with Crippen molar-refractivity contribution in [2.45, 2.75) is 38.1 Å². The molecule has 0 aliphatic heterocycles. The van der Waals surface area contributed by atoms with Crippen LogP contribution in [0.5, 0.6) is 0 Å². The molecule has 1 N–H and O–H groups in total. The Kier molecular flexibility index (Phi) is 8.44. The maximum Gasteiger partial charge on any atom is 0.0683 e. The molecule has 1 rings (SSSR count). The molecule has 116 valence electrons. The first-order valence-electron chi connectivity index (χ1n) is 7.40. The molecule has 21 heavy (non-hydrogen) atoms. The molecule has 0 aliphatic rings. The second kappa shape index (κ2) is 9.83. The third-order valence-corrected chi connectivity index (χ3v) is 4.35. The molecule has 0 saturated heterocycles. The van der Waals surface area contributed by atoms with Crippen molar-refractivity contribution in [1.29, 1.82) is 5.26 Å². The van der Waals surface area contributed by atoms with Crippen LogP contribution in [-0.2, 0) is 11.3 Å². The zero-order chi connectivity index (χ0) is 15.6. The highest BCUT2D eigenvalue weighted by Gasteiger charge is 2.15. The molecule has 0 fully saturated rings. The second-order valence-corrected chi connectivity index (χ2v) is 6.93.